The Kier molecular flexibility index (Phi) is 4.80. The fourth-order valence-electron chi connectivity index (χ4n) is 1.80. The van der Waals surface area contributed by atoms with E-state index in [1.807, 2.05) is 0 Å². The van der Waals surface area contributed by atoms with Crippen molar-refractivity contribution < 1.29 is 9.59 Å². The topological polar surface area (TPSA) is 105 Å². The zero-order chi connectivity index (χ0) is 17.1. The highest BCUT2D eigenvalue weighted by Crippen LogP contribution is 2.29. The monoisotopic (exact) mass is 337 g/mol. The lowest BCUT2D eigenvalue weighted by Crippen LogP contribution is -2.28. The van der Waals surface area contributed by atoms with Crippen molar-refractivity contribution in [3.8, 4) is 0 Å². The molecule has 0 atom stereocenters. The largest absolute Gasteiger partial charge is 0.331 e. The third-order valence-corrected chi connectivity index (χ3v) is 3.46. The lowest BCUT2D eigenvalue weighted by atomic mass is 10.1. The zero-order valence-corrected chi connectivity index (χ0v) is 13.8. The number of tetrazole rings is 1. The Morgan fingerprint density at radius 3 is 2.52 bits per heavy atom. The molecule has 0 fully saturated rings. The van der Waals surface area contributed by atoms with Gasteiger partial charge in [-0.1, -0.05) is 16.7 Å². The van der Waals surface area contributed by atoms with Crippen LogP contribution in [0.2, 0.25) is 5.02 Å². The molecule has 1 aromatic carbocycles. The summed E-state index contributed by atoms with van der Waals surface area (Å²) in [4.78, 5) is 25.6. The summed E-state index contributed by atoms with van der Waals surface area (Å²) in [5, 5.41) is 16.4. The summed E-state index contributed by atoms with van der Waals surface area (Å²) >= 11 is 6.12. The molecule has 0 unspecified atom stereocenters. The van der Waals surface area contributed by atoms with Gasteiger partial charge in [0.25, 0.3) is 5.91 Å². The molecule has 0 aliphatic carbocycles. The minimum absolute atomic E-state index is 0.211. The number of anilines is 2. The maximum Gasteiger partial charge on any atom is 0.321 e. The second kappa shape index (κ2) is 6.61. The van der Waals surface area contributed by atoms with E-state index in [-0.39, 0.29) is 12.0 Å². The Bertz CT molecular complexity index is 757. The van der Waals surface area contributed by atoms with E-state index in [0.717, 1.165) is 0 Å². The summed E-state index contributed by atoms with van der Waals surface area (Å²) in [6.45, 7) is 1.70. The summed E-state index contributed by atoms with van der Waals surface area (Å²) in [7, 11) is 4.82. The maximum absolute atomic E-state index is 12.4. The first-order valence-corrected chi connectivity index (χ1v) is 7.00. The molecule has 0 spiro atoms. The van der Waals surface area contributed by atoms with Crippen molar-refractivity contribution >= 4 is 35.2 Å². The highest BCUT2D eigenvalue weighted by Gasteiger charge is 2.18. The number of nitrogens with one attached hydrogen (secondary N) is 2. The van der Waals surface area contributed by atoms with E-state index in [9.17, 15) is 9.59 Å². The van der Waals surface area contributed by atoms with Crippen molar-refractivity contribution in [3.05, 3.63) is 28.3 Å². The van der Waals surface area contributed by atoms with Crippen molar-refractivity contribution in [2.45, 2.75) is 6.92 Å². The molecular formula is C13H16ClN7O2. The van der Waals surface area contributed by atoms with Gasteiger partial charge in [0, 0.05) is 26.7 Å². The van der Waals surface area contributed by atoms with Crippen LogP contribution < -0.4 is 10.6 Å². The Balaban J connectivity index is 2.31. The predicted molar refractivity (Wildman–Crippen MR) is 85.6 cm³/mol. The van der Waals surface area contributed by atoms with Crippen LogP contribution in [0.25, 0.3) is 0 Å². The van der Waals surface area contributed by atoms with Gasteiger partial charge in [-0.05, 0) is 35.0 Å². The molecule has 0 saturated carbocycles. The second-order valence-corrected chi connectivity index (χ2v) is 5.41. The van der Waals surface area contributed by atoms with Crippen molar-refractivity contribution in [1.82, 2.24) is 25.1 Å². The molecule has 0 radical (unpaired) electrons. The molecule has 1 aromatic heterocycles. The molecule has 0 aliphatic rings. The van der Waals surface area contributed by atoms with E-state index in [4.69, 9.17) is 11.6 Å². The maximum atomic E-state index is 12.4. The average molecular weight is 338 g/mol. The number of rotatable bonds is 3. The number of nitrogens with zero attached hydrogens (tertiary/aromatic N) is 5. The number of halogens is 1. The lowest BCUT2D eigenvalue weighted by molar-refractivity contribution is 0.102. The Morgan fingerprint density at radius 1 is 1.26 bits per heavy atom. The number of aromatic nitrogens is 4. The van der Waals surface area contributed by atoms with Crippen LogP contribution in [0.15, 0.2) is 12.1 Å². The van der Waals surface area contributed by atoms with E-state index >= 15 is 0 Å². The molecule has 3 amide bonds. The quantitative estimate of drug-likeness (QED) is 0.883. The van der Waals surface area contributed by atoms with E-state index in [2.05, 4.69) is 26.2 Å². The molecule has 0 saturated heterocycles. The van der Waals surface area contributed by atoms with Gasteiger partial charge in [-0.25, -0.2) is 9.48 Å². The first kappa shape index (κ1) is 16.7. The van der Waals surface area contributed by atoms with Gasteiger partial charge in [-0.2, -0.15) is 0 Å². The van der Waals surface area contributed by atoms with Crippen molar-refractivity contribution in [1.29, 1.82) is 0 Å². The zero-order valence-electron chi connectivity index (χ0n) is 13.1. The van der Waals surface area contributed by atoms with Gasteiger partial charge in [-0.15, -0.1) is 0 Å². The van der Waals surface area contributed by atoms with Gasteiger partial charge in [0.15, 0.2) is 0 Å². The van der Waals surface area contributed by atoms with Gasteiger partial charge >= 0.3 is 6.03 Å². The smallest absolute Gasteiger partial charge is 0.321 e. The summed E-state index contributed by atoms with van der Waals surface area (Å²) in [5.41, 5.74) is 1.28. The minimum Gasteiger partial charge on any atom is -0.331 e. The van der Waals surface area contributed by atoms with Crippen LogP contribution in [0.4, 0.5) is 16.4 Å². The van der Waals surface area contributed by atoms with Crippen molar-refractivity contribution in [2.24, 2.45) is 7.05 Å². The highest BCUT2D eigenvalue weighted by molar-refractivity contribution is 6.34. The Labute approximate surface area is 137 Å². The molecular weight excluding hydrogens is 322 g/mol. The SMILES string of the molecule is Cc1c(C(=O)Nc2nnnn2C)ccc(Cl)c1NC(=O)N(C)C. The van der Waals surface area contributed by atoms with E-state index in [0.29, 0.717) is 21.8 Å². The summed E-state index contributed by atoms with van der Waals surface area (Å²) in [5.74, 6) is -0.194. The number of amides is 3. The molecule has 2 rings (SSSR count). The fourth-order valence-corrected chi connectivity index (χ4v) is 2.05. The van der Waals surface area contributed by atoms with Gasteiger partial charge in [0.05, 0.1) is 10.7 Å². The first-order valence-electron chi connectivity index (χ1n) is 6.62. The molecule has 9 nitrogen and oxygen atoms in total. The second-order valence-electron chi connectivity index (χ2n) is 5.00. The minimum atomic E-state index is -0.405. The lowest BCUT2D eigenvalue weighted by Gasteiger charge is -2.17. The number of aryl methyl sites for hydroxylation is 1. The van der Waals surface area contributed by atoms with Crippen molar-refractivity contribution in [3.63, 3.8) is 0 Å². The molecule has 2 aromatic rings. The van der Waals surface area contributed by atoms with Gasteiger partial charge in [0.2, 0.25) is 5.95 Å². The number of benzene rings is 1. The number of carbonyl (C=O) groups is 2. The third-order valence-electron chi connectivity index (χ3n) is 3.14. The molecule has 1 heterocycles. The number of carbonyl (C=O) groups excluding carboxylic acids is 2. The van der Waals surface area contributed by atoms with Crippen LogP contribution in [0.3, 0.4) is 0 Å². The molecule has 2 N–H and O–H groups in total. The van der Waals surface area contributed by atoms with Crippen LogP contribution >= 0.6 is 11.6 Å². The highest BCUT2D eigenvalue weighted by atomic mass is 35.5. The molecule has 10 heteroatoms. The van der Waals surface area contributed by atoms with Crippen molar-refractivity contribution in [2.75, 3.05) is 24.7 Å². The van der Waals surface area contributed by atoms with E-state index in [1.54, 1.807) is 40.2 Å². The summed E-state index contributed by atoms with van der Waals surface area (Å²) in [6, 6.07) is 2.77. The summed E-state index contributed by atoms with van der Waals surface area (Å²) in [6.07, 6.45) is 0. The van der Waals surface area contributed by atoms with Crippen LogP contribution in [0.5, 0.6) is 0 Å². The van der Waals surface area contributed by atoms with Crippen LogP contribution in [0.1, 0.15) is 15.9 Å². The predicted octanol–water partition coefficient (Wildman–Crippen LogP) is 1.52. The average Bonchev–Trinajstić information content (AvgIpc) is 2.88. The third kappa shape index (κ3) is 3.57. The Hall–Kier alpha value is -2.68. The molecule has 122 valence electrons. The number of hydrogen-bond acceptors (Lipinski definition) is 5. The van der Waals surface area contributed by atoms with Gasteiger partial charge in [0.1, 0.15) is 0 Å². The van der Waals surface area contributed by atoms with Gasteiger partial charge in [-0.3, -0.25) is 10.1 Å². The number of urea groups is 1. The molecule has 0 bridgehead atoms. The molecule has 0 aliphatic heterocycles. The molecule has 23 heavy (non-hydrogen) atoms. The normalized spacial score (nSPS) is 10.3. The van der Waals surface area contributed by atoms with E-state index < -0.39 is 5.91 Å². The number of hydrogen-bond donors (Lipinski definition) is 2. The summed E-state index contributed by atoms with van der Waals surface area (Å²) < 4.78 is 1.33. The van der Waals surface area contributed by atoms with Gasteiger partial charge < -0.3 is 10.2 Å². The standard InChI is InChI=1S/C13H16ClN7O2/c1-7-8(11(22)16-12-17-18-19-21(12)4)5-6-9(14)10(7)15-13(23)20(2)3/h5-6H,1-4H3,(H,15,23)(H,16,17,19,22). The Morgan fingerprint density at radius 2 is 1.96 bits per heavy atom. The van der Waals surface area contributed by atoms with Crippen LogP contribution in [-0.2, 0) is 7.05 Å². The van der Waals surface area contributed by atoms with Crippen LogP contribution in [0, 0.1) is 6.92 Å². The first-order chi connectivity index (χ1) is 10.8. The van der Waals surface area contributed by atoms with Crippen LogP contribution in [-0.4, -0.2) is 51.1 Å². The van der Waals surface area contributed by atoms with E-state index in [1.165, 1.54) is 9.58 Å². The fraction of sp³-hybridized carbons (Fsp3) is 0.308.